The molecule has 2 nitrogen and oxygen atoms in total. The van der Waals surface area contributed by atoms with Gasteiger partial charge in [-0.1, -0.05) is 133 Å². The average molecular weight is 598 g/mol. The van der Waals surface area contributed by atoms with Gasteiger partial charge in [0.05, 0.1) is 16.4 Å². The summed E-state index contributed by atoms with van der Waals surface area (Å²) in [6, 6.07) is 60.0. The van der Waals surface area contributed by atoms with E-state index < -0.39 is 5.41 Å². The maximum Gasteiger partial charge on any atom is 0.133 e. The first kappa shape index (κ1) is 25.1. The highest BCUT2D eigenvalue weighted by Crippen LogP contribution is 2.62. The largest absolute Gasteiger partial charge is 0.457 e. The fourth-order valence-electron chi connectivity index (χ4n) is 8.71. The molecule has 2 heterocycles. The summed E-state index contributed by atoms with van der Waals surface area (Å²) >= 11 is 0. The van der Waals surface area contributed by atoms with Crippen LogP contribution >= 0.6 is 0 Å². The van der Waals surface area contributed by atoms with Crippen molar-refractivity contribution >= 4 is 43.4 Å². The lowest BCUT2D eigenvalue weighted by Gasteiger charge is -2.39. The average Bonchev–Trinajstić information content (AvgIpc) is 3.62. The van der Waals surface area contributed by atoms with E-state index in [4.69, 9.17) is 4.74 Å². The van der Waals surface area contributed by atoms with Gasteiger partial charge in [-0.15, -0.1) is 0 Å². The second-order valence-electron chi connectivity index (χ2n) is 12.9. The van der Waals surface area contributed by atoms with Crippen molar-refractivity contribution in [3.63, 3.8) is 0 Å². The molecule has 0 saturated carbocycles. The molecule has 1 aliphatic carbocycles. The Bertz CT molecular complexity index is 2740. The fraction of sp³-hybridized carbons (Fsp3) is 0.0222. The zero-order valence-corrected chi connectivity index (χ0v) is 25.4. The Labute approximate surface area is 271 Å². The summed E-state index contributed by atoms with van der Waals surface area (Å²) in [7, 11) is 0. The van der Waals surface area contributed by atoms with Crippen molar-refractivity contribution in [3.05, 3.63) is 186 Å². The maximum atomic E-state index is 6.90. The lowest BCUT2D eigenvalue weighted by molar-refractivity contribution is 0.437. The molecule has 0 bridgehead atoms. The van der Waals surface area contributed by atoms with Gasteiger partial charge in [0.25, 0.3) is 0 Å². The molecule has 218 valence electrons. The second kappa shape index (κ2) is 8.99. The standard InChI is InChI=1S/C45H27NO/c1-2-13-30-25-31(23-21-28(30)11-1)46-41-27-40-43(26-36(41)35-24-22-29-12-3-4-14-32(29)44(35)46)47-42-20-10-9-19-39(42)45(40)37-17-7-5-15-33(37)34-16-6-8-18-38(34)45/h1-27H. The summed E-state index contributed by atoms with van der Waals surface area (Å²) in [4.78, 5) is 0. The summed E-state index contributed by atoms with van der Waals surface area (Å²) < 4.78 is 9.39. The molecule has 9 aromatic rings. The maximum absolute atomic E-state index is 6.90. The smallest absolute Gasteiger partial charge is 0.133 e. The van der Waals surface area contributed by atoms with Crippen LogP contribution in [0.2, 0.25) is 0 Å². The van der Waals surface area contributed by atoms with Crippen molar-refractivity contribution in [2.75, 3.05) is 0 Å². The zero-order chi connectivity index (χ0) is 30.7. The van der Waals surface area contributed by atoms with Crippen LogP contribution in [0.25, 0.3) is 60.2 Å². The normalized spacial score (nSPS) is 13.9. The van der Waals surface area contributed by atoms with Crippen molar-refractivity contribution in [2.45, 2.75) is 5.41 Å². The molecule has 0 saturated heterocycles. The Morgan fingerprint density at radius 3 is 1.85 bits per heavy atom. The molecule has 0 fully saturated rings. The Morgan fingerprint density at radius 1 is 0.404 bits per heavy atom. The van der Waals surface area contributed by atoms with Crippen LogP contribution in [0.3, 0.4) is 0 Å². The van der Waals surface area contributed by atoms with Crippen LogP contribution in [0.5, 0.6) is 11.5 Å². The summed E-state index contributed by atoms with van der Waals surface area (Å²) in [5.74, 6) is 1.82. The third-order valence-electron chi connectivity index (χ3n) is 10.6. The summed E-state index contributed by atoms with van der Waals surface area (Å²) in [6.07, 6.45) is 0. The molecule has 0 unspecified atom stereocenters. The fourth-order valence-corrected chi connectivity index (χ4v) is 8.71. The predicted octanol–water partition coefficient (Wildman–Crippen LogP) is 11.6. The first-order valence-corrected chi connectivity index (χ1v) is 16.3. The third kappa shape index (κ3) is 3.15. The number of fused-ring (bicyclic) bond motifs is 15. The van der Waals surface area contributed by atoms with E-state index in [1.165, 1.54) is 76.7 Å². The van der Waals surface area contributed by atoms with Crippen molar-refractivity contribution in [1.82, 2.24) is 4.57 Å². The van der Waals surface area contributed by atoms with Crippen molar-refractivity contribution in [2.24, 2.45) is 0 Å². The minimum absolute atomic E-state index is 0.516. The molecule has 0 radical (unpaired) electrons. The highest BCUT2D eigenvalue weighted by molar-refractivity contribution is 6.19. The van der Waals surface area contributed by atoms with E-state index in [9.17, 15) is 0 Å². The van der Waals surface area contributed by atoms with E-state index in [2.05, 4.69) is 168 Å². The van der Waals surface area contributed by atoms with Crippen LogP contribution in [0, 0.1) is 0 Å². The summed E-state index contributed by atoms with van der Waals surface area (Å²) in [5.41, 5.74) is 10.6. The molecule has 2 heteroatoms. The molecule has 47 heavy (non-hydrogen) atoms. The van der Waals surface area contributed by atoms with E-state index in [1.807, 2.05) is 0 Å². The number of ether oxygens (including phenoxy) is 1. The topological polar surface area (TPSA) is 14.2 Å². The van der Waals surface area contributed by atoms with Gasteiger partial charge in [0.15, 0.2) is 0 Å². The summed E-state index contributed by atoms with van der Waals surface area (Å²) in [5, 5.41) is 7.34. The quantitative estimate of drug-likeness (QED) is 0.184. The molecular formula is C45H27NO. The number of rotatable bonds is 1. The minimum atomic E-state index is -0.516. The van der Waals surface area contributed by atoms with Gasteiger partial charge in [-0.25, -0.2) is 0 Å². The highest BCUT2D eigenvalue weighted by Gasteiger charge is 2.51. The van der Waals surface area contributed by atoms with Gasteiger partial charge in [0, 0.05) is 33.0 Å². The lowest BCUT2D eigenvalue weighted by atomic mass is 9.66. The monoisotopic (exact) mass is 597 g/mol. The van der Waals surface area contributed by atoms with E-state index in [0.717, 1.165) is 17.2 Å². The molecule has 8 aromatic carbocycles. The number of benzene rings is 8. The van der Waals surface area contributed by atoms with E-state index >= 15 is 0 Å². The van der Waals surface area contributed by atoms with Crippen LogP contribution in [0.4, 0.5) is 0 Å². The van der Waals surface area contributed by atoms with Gasteiger partial charge >= 0.3 is 0 Å². The molecule has 0 amide bonds. The molecule has 11 rings (SSSR count). The van der Waals surface area contributed by atoms with Gasteiger partial charge in [-0.2, -0.15) is 0 Å². The molecule has 1 aromatic heterocycles. The van der Waals surface area contributed by atoms with Crippen LogP contribution in [0.15, 0.2) is 164 Å². The first-order valence-electron chi connectivity index (χ1n) is 16.3. The molecule has 0 N–H and O–H groups in total. The van der Waals surface area contributed by atoms with Gasteiger partial charge in [-0.3, -0.25) is 0 Å². The third-order valence-corrected chi connectivity index (χ3v) is 10.6. The van der Waals surface area contributed by atoms with E-state index in [1.54, 1.807) is 0 Å². The van der Waals surface area contributed by atoms with Gasteiger partial charge in [0.2, 0.25) is 0 Å². The van der Waals surface area contributed by atoms with Gasteiger partial charge < -0.3 is 9.30 Å². The number of hydrogen-bond donors (Lipinski definition) is 0. The van der Waals surface area contributed by atoms with Crippen LogP contribution in [0.1, 0.15) is 22.3 Å². The molecule has 0 atom stereocenters. The minimum Gasteiger partial charge on any atom is -0.457 e. The number of nitrogens with zero attached hydrogens (tertiary/aromatic N) is 1. The Kier molecular flexibility index (Phi) is 4.80. The zero-order valence-electron chi connectivity index (χ0n) is 25.4. The SMILES string of the molecule is c1ccc2c(c1)Oc1cc3c4ccc5ccccc5c4n(-c4ccc5ccccc5c4)c3cc1C21c2ccccc2-c2ccccc21. The molecular weight excluding hydrogens is 571 g/mol. The number of para-hydroxylation sites is 1. The van der Waals surface area contributed by atoms with Crippen molar-refractivity contribution in [3.8, 4) is 28.3 Å². The van der Waals surface area contributed by atoms with Gasteiger partial charge in [0.1, 0.15) is 11.5 Å². The number of aromatic nitrogens is 1. The van der Waals surface area contributed by atoms with Crippen LogP contribution in [-0.4, -0.2) is 4.57 Å². The molecule has 2 aliphatic rings. The molecule has 1 aliphatic heterocycles. The Balaban J connectivity index is 1.34. The Hall–Kier alpha value is -6.12. The van der Waals surface area contributed by atoms with Crippen LogP contribution < -0.4 is 4.74 Å². The summed E-state index contributed by atoms with van der Waals surface area (Å²) in [6.45, 7) is 0. The van der Waals surface area contributed by atoms with Crippen molar-refractivity contribution in [1.29, 1.82) is 0 Å². The van der Waals surface area contributed by atoms with Crippen LogP contribution in [-0.2, 0) is 5.41 Å². The second-order valence-corrected chi connectivity index (χ2v) is 12.9. The van der Waals surface area contributed by atoms with E-state index in [-0.39, 0.29) is 0 Å². The van der Waals surface area contributed by atoms with E-state index in [0.29, 0.717) is 0 Å². The molecule has 1 spiro atoms. The number of hydrogen-bond acceptors (Lipinski definition) is 1. The Morgan fingerprint density at radius 2 is 1.04 bits per heavy atom. The highest BCUT2D eigenvalue weighted by atomic mass is 16.5. The van der Waals surface area contributed by atoms with Gasteiger partial charge in [-0.05, 0) is 68.7 Å². The van der Waals surface area contributed by atoms with Crippen molar-refractivity contribution < 1.29 is 4.74 Å². The predicted molar refractivity (Wildman–Crippen MR) is 193 cm³/mol. The first-order chi connectivity index (χ1) is 23.3. The lowest BCUT2D eigenvalue weighted by Crippen LogP contribution is -2.32.